The predicted molar refractivity (Wildman–Crippen MR) is 50.9 cm³/mol. The van der Waals surface area contributed by atoms with E-state index in [2.05, 4.69) is 5.32 Å². The van der Waals surface area contributed by atoms with Gasteiger partial charge < -0.3 is 10.1 Å². The molecule has 2 aliphatic heterocycles. The molecule has 0 spiro atoms. The number of carbonyl (C=O) groups is 1. The Hall–Kier alpha value is 0.0700. The molecule has 0 aliphatic carbocycles. The van der Waals surface area contributed by atoms with E-state index in [1.807, 2.05) is 0 Å². The van der Waals surface area contributed by atoms with E-state index >= 15 is 0 Å². The zero-order valence-electron chi connectivity index (χ0n) is 6.83. The van der Waals surface area contributed by atoms with Crippen molar-refractivity contribution in [1.29, 1.82) is 0 Å². The summed E-state index contributed by atoms with van der Waals surface area (Å²) in [5.41, 5.74) is 0. The number of rotatable bonds is 1. The van der Waals surface area contributed by atoms with Gasteiger partial charge in [0.25, 0.3) is 0 Å². The largest absolute Gasteiger partial charge is 0.468 e. The molecule has 0 aromatic rings. The molecule has 2 heterocycles. The fourth-order valence-electron chi connectivity index (χ4n) is 1.74. The molecule has 2 atom stereocenters. The Morgan fingerprint density at radius 1 is 1.75 bits per heavy atom. The van der Waals surface area contributed by atoms with Crippen LogP contribution in [-0.2, 0) is 9.53 Å². The lowest BCUT2D eigenvalue weighted by atomic mass is 10.1. The van der Waals surface area contributed by atoms with Crippen LogP contribution in [0.4, 0.5) is 0 Å². The van der Waals surface area contributed by atoms with Crippen LogP contribution >= 0.6 is 24.2 Å². The van der Waals surface area contributed by atoms with Crippen molar-refractivity contribution < 1.29 is 9.53 Å². The van der Waals surface area contributed by atoms with Gasteiger partial charge in [0.2, 0.25) is 0 Å². The smallest absolute Gasteiger partial charge is 0.323 e. The molecule has 5 heteroatoms. The minimum atomic E-state index is -0.237. The Labute approximate surface area is 82.0 Å². The fraction of sp³-hybridized carbons (Fsp3) is 0.857. The molecule has 0 unspecified atom stereocenters. The molecule has 0 radical (unpaired) electrons. The third-order valence-electron chi connectivity index (χ3n) is 2.37. The van der Waals surface area contributed by atoms with Crippen LogP contribution in [0.25, 0.3) is 0 Å². The maximum Gasteiger partial charge on any atom is 0.323 e. The Morgan fingerprint density at radius 2 is 2.50 bits per heavy atom. The van der Waals surface area contributed by atoms with Gasteiger partial charge in [-0.1, -0.05) is 0 Å². The molecule has 70 valence electrons. The summed E-state index contributed by atoms with van der Waals surface area (Å²) in [6.07, 6.45) is 0.949. The highest BCUT2D eigenvalue weighted by Gasteiger charge is 2.51. The number of hydrogen-bond acceptors (Lipinski definition) is 4. The van der Waals surface area contributed by atoms with Crippen LogP contribution in [0.1, 0.15) is 6.42 Å². The van der Waals surface area contributed by atoms with Gasteiger partial charge in [0.15, 0.2) is 0 Å². The molecule has 0 aromatic carbocycles. The zero-order chi connectivity index (χ0) is 7.90. The van der Waals surface area contributed by atoms with Gasteiger partial charge >= 0.3 is 5.97 Å². The Bertz CT molecular complexity index is 192. The first-order chi connectivity index (χ1) is 5.27. The zero-order valence-corrected chi connectivity index (χ0v) is 8.46. The number of carbonyl (C=O) groups excluding carboxylic acids is 1. The summed E-state index contributed by atoms with van der Waals surface area (Å²) in [7, 11) is 1.46. The molecule has 1 N–H and O–H groups in total. The second-order valence-electron chi connectivity index (χ2n) is 3.08. The van der Waals surface area contributed by atoms with E-state index in [1.54, 1.807) is 11.8 Å². The lowest BCUT2D eigenvalue weighted by molar-refractivity contribution is -0.142. The lowest BCUT2D eigenvalue weighted by Gasteiger charge is -2.21. The summed E-state index contributed by atoms with van der Waals surface area (Å²) in [6, 6.07) is 0.541. The number of thioether (sulfide) groups is 1. The first-order valence-corrected chi connectivity index (χ1v) is 4.71. The molecule has 2 fully saturated rings. The van der Waals surface area contributed by atoms with Crippen molar-refractivity contribution in [3.8, 4) is 0 Å². The second kappa shape index (κ2) is 3.44. The van der Waals surface area contributed by atoms with Gasteiger partial charge in [-0.05, 0) is 6.42 Å². The van der Waals surface area contributed by atoms with Gasteiger partial charge in [0, 0.05) is 18.3 Å². The molecule has 12 heavy (non-hydrogen) atoms. The van der Waals surface area contributed by atoms with Crippen LogP contribution in [0.3, 0.4) is 0 Å². The number of ether oxygens (including phenoxy) is 1. The number of nitrogens with one attached hydrogen (secondary N) is 1. The van der Waals surface area contributed by atoms with Gasteiger partial charge in [-0.25, -0.2) is 0 Å². The molecular weight excluding hydrogens is 198 g/mol. The van der Waals surface area contributed by atoms with Crippen molar-refractivity contribution in [2.75, 3.05) is 19.4 Å². The summed E-state index contributed by atoms with van der Waals surface area (Å²) >= 11 is 1.74. The highest BCUT2D eigenvalue weighted by molar-refractivity contribution is 8.01. The summed E-state index contributed by atoms with van der Waals surface area (Å²) in [4.78, 5) is 11.3. The third kappa shape index (κ3) is 1.32. The summed E-state index contributed by atoms with van der Waals surface area (Å²) in [5.74, 6) is 0.991. The van der Waals surface area contributed by atoms with Crippen LogP contribution in [0, 0.1) is 0 Å². The second-order valence-corrected chi connectivity index (χ2v) is 4.48. The molecule has 2 rings (SSSR count). The van der Waals surface area contributed by atoms with E-state index in [0.29, 0.717) is 6.04 Å². The number of methoxy groups -OCH3 is 1. The molecule has 0 saturated carbocycles. The van der Waals surface area contributed by atoms with E-state index < -0.39 is 0 Å². The van der Waals surface area contributed by atoms with Crippen LogP contribution in [0.15, 0.2) is 0 Å². The monoisotopic (exact) mass is 209 g/mol. The van der Waals surface area contributed by atoms with E-state index in [4.69, 9.17) is 4.74 Å². The van der Waals surface area contributed by atoms with Crippen molar-refractivity contribution in [2.45, 2.75) is 17.2 Å². The van der Waals surface area contributed by atoms with E-state index in [-0.39, 0.29) is 23.1 Å². The van der Waals surface area contributed by atoms with Crippen molar-refractivity contribution in [3.05, 3.63) is 0 Å². The van der Waals surface area contributed by atoms with Gasteiger partial charge in [0.1, 0.15) is 4.75 Å². The van der Waals surface area contributed by atoms with Gasteiger partial charge in [-0.3, -0.25) is 4.79 Å². The van der Waals surface area contributed by atoms with Crippen LogP contribution in [0.2, 0.25) is 0 Å². The van der Waals surface area contributed by atoms with Gasteiger partial charge in [-0.2, -0.15) is 0 Å². The average Bonchev–Trinajstić information content (AvgIpc) is 2.62. The summed E-state index contributed by atoms with van der Waals surface area (Å²) in [6.45, 7) is 0.787. The van der Waals surface area contributed by atoms with E-state index in [9.17, 15) is 4.79 Å². The van der Waals surface area contributed by atoms with Crippen molar-refractivity contribution in [3.63, 3.8) is 0 Å². The minimum absolute atomic E-state index is 0. The maximum atomic E-state index is 11.3. The van der Waals surface area contributed by atoms with Crippen molar-refractivity contribution in [2.24, 2.45) is 0 Å². The number of fused-ring (bicyclic) bond motifs is 2. The van der Waals surface area contributed by atoms with Crippen LogP contribution < -0.4 is 5.32 Å². The van der Waals surface area contributed by atoms with Crippen LogP contribution in [-0.4, -0.2) is 36.2 Å². The quantitative estimate of drug-likeness (QED) is 0.636. The highest BCUT2D eigenvalue weighted by Crippen LogP contribution is 2.43. The molecule has 0 aromatic heterocycles. The summed E-state index contributed by atoms with van der Waals surface area (Å²) in [5, 5.41) is 3.29. The number of esters is 1. The first-order valence-electron chi connectivity index (χ1n) is 3.73. The third-order valence-corrected chi connectivity index (χ3v) is 3.97. The van der Waals surface area contributed by atoms with Gasteiger partial charge in [0.05, 0.1) is 7.11 Å². The predicted octanol–water partition coefficient (Wildman–Crippen LogP) is 0.429. The summed E-state index contributed by atoms with van der Waals surface area (Å²) < 4.78 is 4.52. The molecule has 2 saturated heterocycles. The Kier molecular flexibility index (Phi) is 2.91. The molecule has 0 amide bonds. The lowest BCUT2D eigenvalue weighted by Crippen LogP contribution is -2.40. The minimum Gasteiger partial charge on any atom is -0.468 e. The maximum absolute atomic E-state index is 11.3. The highest BCUT2D eigenvalue weighted by atomic mass is 35.5. The van der Waals surface area contributed by atoms with Crippen LogP contribution in [0.5, 0.6) is 0 Å². The molecular formula is C7H12ClNO2S. The normalized spacial score (nSPS) is 37.6. The molecule has 2 bridgehead atoms. The van der Waals surface area contributed by atoms with E-state index in [1.165, 1.54) is 7.11 Å². The number of halogens is 1. The van der Waals surface area contributed by atoms with Gasteiger partial charge in [-0.15, -0.1) is 24.2 Å². The average molecular weight is 210 g/mol. The standard InChI is InChI=1S/C7H11NO2S.ClH/c1-10-6(9)7-2-5(3-11-7)8-4-7;/h5,8H,2-4H2,1H3;1H/t5-,7-;/m0./s1. The van der Waals surface area contributed by atoms with Crippen molar-refractivity contribution in [1.82, 2.24) is 5.32 Å². The first kappa shape index (κ1) is 10.2. The fourth-order valence-corrected chi connectivity index (χ4v) is 3.20. The SMILES string of the molecule is COC(=O)[C@]12CN[C@H](CS1)C2.Cl. The Balaban J connectivity index is 0.000000720. The molecule has 3 nitrogen and oxygen atoms in total. The van der Waals surface area contributed by atoms with Crippen molar-refractivity contribution >= 4 is 30.1 Å². The number of hydrogen-bond donors (Lipinski definition) is 1. The topological polar surface area (TPSA) is 38.3 Å². The molecule has 2 aliphatic rings. The Morgan fingerprint density at radius 3 is 2.83 bits per heavy atom. The van der Waals surface area contributed by atoms with E-state index in [0.717, 1.165) is 18.7 Å².